The van der Waals surface area contributed by atoms with Gasteiger partial charge in [-0.2, -0.15) is 0 Å². The molecule has 0 atom stereocenters. The number of nitrogens with one attached hydrogen (secondary N) is 1. The zero-order valence-electron chi connectivity index (χ0n) is 14.6. The summed E-state index contributed by atoms with van der Waals surface area (Å²) in [6.07, 6.45) is 1.39. The molecule has 1 heterocycles. The lowest BCUT2D eigenvalue weighted by molar-refractivity contribution is -0.134. The van der Waals surface area contributed by atoms with E-state index in [-0.39, 0.29) is 18.0 Å². The molecular weight excluding hydrogens is 324 g/mol. The summed E-state index contributed by atoms with van der Waals surface area (Å²) >= 11 is 0. The van der Waals surface area contributed by atoms with Crippen LogP contribution in [0.3, 0.4) is 0 Å². The maximum absolute atomic E-state index is 12.4. The maximum atomic E-state index is 12.4. The van der Waals surface area contributed by atoms with E-state index in [9.17, 15) is 9.59 Å². The zero-order chi connectivity index (χ0) is 18.2. The van der Waals surface area contributed by atoms with Crippen molar-refractivity contribution in [3.8, 4) is 11.5 Å². The number of amides is 1. The molecule has 0 unspecified atom stereocenters. The van der Waals surface area contributed by atoms with Gasteiger partial charge >= 0.3 is 0 Å². The molecule has 1 fully saturated rings. The first-order valence-corrected chi connectivity index (χ1v) is 8.15. The van der Waals surface area contributed by atoms with Crippen molar-refractivity contribution in [2.75, 3.05) is 20.8 Å². The van der Waals surface area contributed by atoms with Crippen LogP contribution in [0, 0.1) is 0 Å². The largest absolute Gasteiger partial charge is 0.493 e. The van der Waals surface area contributed by atoms with Gasteiger partial charge in [0.2, 0.25) is 5.91 Å². The Bertz CT molecular complexity index is 873. The molecule has 0 bridgehead atoms. The second kappa shape index (κ2) is 6.36. The van der Waals surface area contributed by atoms with E-state index in [0.29, 0.717) is 47.6 Å². The highest BCUT2D eigenvalue weighted by atomic mass is 16.5. The van der Waals surface area contributed by atoms with Gasteiger partial charge in [0.25, 0.3) is 5.56 Å². The monoisotopic (exact) mass is 346 g/mol. The van der Waals surface area contributed by atoms with Crippen LogP contribution in [-0.4, -0.2) is 47.1 Å². The minimum Gasteiger partial charge on any atom is -0.493 e. The Hall–Kier alpha value is -2.61. The average molecular weight is 346 g/mol. The number of rotatable bonds is 6. The van der Waals surface area contributed by atoms with Crippen molar-refractivity contribution in [1.29, 1.82) is 0 Å². The van der Waals surface area contributed by atoms with Crippen LogP contribution >= 0.6 is 0 Å². The number of fused-ring (bicyclic) bond motifs is 1. The first-order chi connectivity index (χ1) is 11.9. The molecule has 3 N–H and O–H groups in total. The normalized spacial score (nSPS) is 15.0. The quantitative estimate of drug-likeness (QED) is 0.800. The van der Waals surface area contributed by atoms with Crippen LogP contribution in [0.1, 0.15) is 25.6 Å². The third-order valence-corrected chi connectivity index (χ3v) is 4.48. The smallest absolute Gasteiger partial charge is 0.258 e. The van der Waals surface area contributed by atoms with Gasteiger partial charge in [0.1, 0.15) is 5.82 Å². The van der Waals surface area contributed by atoms with E-state index in [2.05, 4.69) is 9.97 Å². The summed E-state index contributed by atoms with van der Waals surface area (Å²) in [5.74, 6) is 1.25. The summed E-state index contributed by atoms with van der Waals surface area (Å²) in [7, 11) is 3.02. The molecule has 1 aliphatic rings. The van der Waals surface area contributed by atoms with Crippen LogP contribution in [0.5, 0.6) is 11.5 Å². The van der Waals surface area contributed by atoms with Gasteiger partial charge < -0.3 is 25.1 Å². The molecule has 0 radical (unpaired) electrons. The van der Waals surface area contributed by atoms with Crippen molar-refractivity contribution in [3.63, 3.8) is 0 Å². The SMILES string of the molecule is CCN(Cc1nc2cc(OC)c(OC)cc2c(=O)[nH]1)C(=O)C1(N)CC1. The molecule has 1 aromatic heterocycles. The Kier molecular flexibility index (Phi) is 4.38. The van der Waals surface area contributed by atoms with Crippen LogP contribution in [0.4, 0.5) is 0 Å². The molecular formula is C17H22N4O4. The lowest BCUT2D eigenvalue weighted by Crippen LogP contribution is -2.45. The predicted molar refractivity (Wildman–Crippen MR) is 92.7 cm³/mol. The van der Waals surface area contributed by atoms with E-state index in [1.54, 1.807) is 17.0 Å². The number of carbonyl (C=O) groups is 1. The van der Waals surface area contributed by atoms with Crippen molar-refractivity contribution < 1.29 is 14.3 Å². The van der Waals surface area contributed by atoms with E-state index < -0.39 is 5.54 Å². The summed E-state index contributed by atoms with van der Waals surface area (Å²) in [5, 5.41) is 0.397. The van der Waals surface area contributed by atoms with Crippen molar-refractivity contribution in [3.05, 3.63) is 28.3 Å². The summed E-state index contributed by atoms with van der Waals surface area (Å²) in [4.78, 5) is 33.6. The van der Waals surface area contributed by atoms with Crippen molar-refractivity contribution in [2.24, 2.45) is 5.73 Å². The van der Waals surface area contributed by atoms with Gasteiger partial charge in [-0.25, -0.2) is 4.98 Å². The average Bonchev–Trinajstić information content (AvgIpc) is 3.36. The summed E-state index contributed by atoms with van der Waals surface area (Å²) in [5.41, 5.74) is 5.44. The van der Waals surface area contributed by atoms with Gasteiger partial charge in [-0.1, -0.05) is 0 Å². The molecule has 1 saturated carbocycles. The van der Waals surface area contributed by atoms with Crippen LogP contribution in [0.15, 0.2) is 16.9 Å². The molecule has 25 heavy (non-hydrogen) atoms. The van der Waals surface area contributed by atoms with Gasteiger partial charge in [0, 0.05) is 12.6 Å². The Morgan fingerprint density at radius 2 is 1.96 bits per heavy atom. The first-order valence-electron chi connectivity index (χ1n) is 8.15. The van der Waals surface area contributed by atoms with E-state index in [4.69, 9.17) is 15.2 Å². The number of carbonyl (C=O) groups excluding carboxylic acids is 1. The second-order valence-electron chi connectivity index (χ2n) is 6.21. The number of aromatic amines is 1. The molecule has 0 spiro atoms. The lowest BCUT2D eigenvalue weighted by atomic mass is 10.2. The molecule has 1 amide bonds. The molecule has 1 aromatic carbocycles. The highest BCUT2D eigenvalue weighted by Crippen LogP contribution is 2.34. The molecule has 1 aliphatic carbocycles. The molecule has 2 aromatic rings. The number of aromatic nitrogens is 2. The van der Waals surface area contributed by atoms with Crippen molar-refractivity contribution >= 4 is 16.8 Å². The number of hydrogen-bond acceptors (Lipinski definition) is 6. The number of nitrogens with zero attached hydrogens (tertiary/aromatic N) is 2. The standard InChI is InChI=1S/C17H22N4O4/c1-4-21(16(23)17(18)5-6-17)9-14-19-11-8-13(25-3)12(24-2)7-10(11)15(22)20-14/h7-8H,4-6,9,18H2,1-3H3,(H,19,20,22). The minimum absolute atomic E-state index is 0.106. The highest BCUT2D eigenvalue weighted by molar-refractivity contribution is 5.89. The van der Waals surface area contributed by atoms with Crippen LogP contribution in [-0.2, 0) is 11.3 Å². The Morgan fingerprint density at radius 1 is 1.32 bits per heavy atom. The van der Waals surface area contributed by atoms with Crippen LogP contribution in [0.25, 0.3) is 10.9 Å². The fraction of sp³-hybridized carbons (Fsp3) is 0.471. The fourth-order valence-corrected chi connectivity index (χ4v) is 2.76. The van der Waals surface area contributed by atoms with Gasteiger partial charge in [0.05, 0.1) is 37.2 Å². The van der Waals surface area contributed by atoms with E-state index in [1.807, 2.05) is 6.92 Å². The minimum atomic E-state index is -0.746. The number of nitrogens with two attached hydrogens (primary N) is 1. The summed E-state index contributed by atoms with van der Waals surface area (Å²) in [6, 6.07) is 3.24. The first kappa shape index (κ1) is 17.2. The van der Waals surface area contributed by atoms with E-state index in [0.717, 1.165) is 0 Å². The summed E-state index contributed by atoms with van der Waals surface area (Å²) in [6.45, 7) is 2.57. The van der Waals surface area contributed by atoms with Crippen molar-refractivity contribution in [1.82, 2.24) is 14.9 Å². The van der Waals surface area contributed by atoms with Gasteiger partial charge in [-0.3, -0.25) is 9.59 Å². The maximum Gasteiger partial charge on any atom is 0.258 e. The van der Waals surface area contributed by atoms with E-state index >= 15 is 0 Å². The topological polar surface area (TPSA) is 111 Å². The Balaban J connectivity index is 1.97. The van der Waals surface area contributed by atoms with Gasteiger partial charge in [-0.15, -0.1) is 0 Å². The number of methoxy groups -OCH3 is 2. The molecule has 134 valence electrons. The molecule has 8 nitrogen and oxygen atoms in total. The Morgan fingerprint density at radius 3 is 2.52 bits per heavy atom. The van der Waals surface area contributed by atoms with Crippen LogP contribution < -0.4 is 20.8 Å². The molecule has 3 rings (SSSR count). The predicted octanol–water partition coefficient (Wildman–Crippen LogP) is 0.780. The second-order valence-corrected chi connectivity index (χ2v) is 6.21. The Labute approximate surface area is 144 Å². The van der Waals surface area contributed by atoms with Gasteiger partial charge in [0.15, 0.2) is 11.5 Å². The van der Waals surface area contributed by atoms with Gasteiger partial charge in [-0.05, 0) is 25.8 Å². The zero-order valence-corrected chi connectivity index (χ0v) is 14.6. The third-order valence-electron chi connectivity index (χ3n) is 4.48. The molecule has 0 saturated heterocycles. The number of H-pyrrole nitrogens is 1. The van der Waals surface area contributed by atoms with E-state index in [1.165, 1.54) is 14.2 Å². The molecule has 8 heteroatoms. The van der Waals surface area contributed by atoms with Crippen molar-refractivity contribution in [2.45, 2.75) is 31.8 Å². The fourth-order valence-electron chi connectivity index (χ4n) is 2.76. The number of benzene rings is 1. The summed E-state index contributed by atoms with van der Waals surface area (Å²) < 4.78 is 10.5. The number of likely N-dealkylation sites (N-methyl/N-ethyl adjacent to an activating group) is 1. The third kappa shape index (κ3) is 3.17. The number of ether oxygens (including phenoxy) is 2. The number of hydrogen-bond donors (Lipinski definition) is 2. The molecule has 0 aliphatic heterocycles. The van der Waals surface area contributed by atoms with Crippen LogP contribution in [0.2, 0.25) is 0 Å². The lowest BCUT2D eigenvalue weighted by Gasteiger charge is -2.23. The highest BCUT2D eigenvalue weighted by Gasteiger charge is 2.47.